The number of nitrogens with one attached hydrogen (secondary N) is 3. The molecule has 3 rings (SSSR count). The Morgan fingerprint density at radius 3 is 2.79 bits per heavy atom. The number of aliphatic hydroxyl groups is 1. The number of carbonyl (C=O) groups excluding carboxylic acids is 1. The highest BCUT2D eigenvalue weighted by Crippen LogP contribution is 2.33. The second kappa shape index (κ2) is 5.44. The minimum absolute atomic E-state index is 0.105. The summed E-state index contributed by atoms with van der Waals surface area (Å²) in [6.07, 6.45) is 6.89. The SMILES string of the molecule is CC1(C)C=CC(CO)C1.O=C1NCNc2nc[nH]c21. The van der Waals surface area contributed by atoms with Crippen LogP contribution in [0, 0.1) is 11.3 Å². The second-order valence-corrected chi connectivity index (χ2v) is 5.48. The first-order valence-electron chi connectivity index (χ1n) is 6.37. The van der Waals surface area contributed by atoms with E-state index in [1.54, 1.807) is 0 Å². The molecule has 6 heteroatoms. The number of nitrogens with zero attached hydrogens (tertiary/aromatic N) is 1. The molecule has 104 valence electrons. The Labute approximate surface area is 112 Å². The van der Waals surface area contributed by atoms with E-state index < -0.39 is 0 Å². The van der Waals surface area contributed by atoms with Crippen LogP contribution in [0.1, 0.15) is 30.8 Å². The third kappa shape index (κ3) is 3.35. The highest BCUT2D eigenvalue weighted by molar-refractivity contribution is 5.98. The number of aromatic nitrogens is 2. The number of hydrogen-bond donors (Lipinski definition) is 4. The fraction of sp³-hybridized carbons (Fsp3) is 0.538. The van der Waals surface area contributed by atoms with Crippen LogP contribution in [0.3, 0.4) is 0 Å². The van der Waals surface area contributed by atoms with Crippen molar-refractivity contribution in [3.63, 3.8) is 0 Å². The smallest absolute Gasteiger partial charge is 0.272 e. The lowest BCUT2D eigenvalue weighted by molar-refractivity contribution is 0.0948. The molecule has 2 aliphatic rings. The molecule has 1 aliphatic carbocycles. The Bertz CT molecular complexity index is 479. The third-order valence-corrected chi connectivity index (χ3v) is 3.21. The molecule has 0 bridgehead atoms. The van der Waals surface area contributed by atoms with Crippen LogP contribution in [0.4, 0.5) is 5.82 Å². The van der Waals surface area contributed by atoms with Gasteiger partial charge in [0.2, 0.25) is 0 Å². The lowest BCUT2D eigenvalue weighted by atomic mass is 9.90. The van der Waals surface area contributed by atoms with Gasteiger partial charge in [-0.1, -0.05) is 26.0 Å². The van der Waals surface area contributed by atoms with Gasteiger partial charge >= 0.3 is 0 Å². The van der Waals surface area contributed by atoms with Crippen LogP contribution in [0.25, 0.3) is 0 Å². The molecule has 0 saturated carbocycles. The number of rotatable bonds is 1. The molecule has 0 radical (unpaired) electrons. The van der Waals surface area contributed by atoms with E-state index in [-0.39, 0.29) is 5.91 Å². The van der Waals surface area contributed by atoms with E-state index in [4.69, 9.17) is 5.11 Å². The van der Waals surface area contributed by atoms with Crippen molar-refractivity contribution in [1.82, 2.24) is 15.3 Å². The summed E-state index contributed by atoms with van der Waals surface area (Å²) in [5.41, 5.74) is 0.833. The lowest BCUT2D eigenvalue weighted by Crippen LogP contribution is -2.34. The fourth-order valence-electron chi connectivity index (χ4n) is 2.23. The average Bonchev–Trinajstić information content (AvgIpc) is 2.97. The number of imidazole rings is 1. The second-order valence-electron chi connectivity index (χ2n) is 5.48. The number of aromatic amines is 1. The number of amides is 1. The summed E-state index contributed by atoms with van der Waals surface area (Å²) >= 11 is 0. The van der Waals surface area contributed by atoms with Gasteiger partial charge in [-0.05, 0) is 11.8 Å². The lowest BCUT2D eigenvalue weighted by Gasteiger charge is -2.15. The van der Waals surface area contributed by atoms with E-state index in [9.17, 15) is 4.79 Å². The van der Waals surface area contributed by atoms with E-state index in [2.05, 4.69) is 46.6 Å². The molecule has 2 heterocycles. The van der Waals surface area contributed by atoms with Crippen molar-refractivity contribution in [3.8, 4) is 0 Å². The van der Waals surface area contributed by atoms with Crippen molar-refractivity contribution < 1.29 is 9.90 Å². The van der Waals surface area contributed by atoms with E-state index >= 15 is 0 Å². The minimum Gasteiger partial charge on any atom is -0.396 e. The van der Waals surface area contributed by atoms with Crippen LogP contribution < -0.4 is 10.6 Å². The number of aliphatic hydroxyl groups excluding tert-OH is 1. The summed E-state index contributed by atoms with van der Waals surface area (Å²) in [4.78, 5) is 17.5. The summed E-state index contributed by atoms with van der Waals surface area (Å²) < 4.78 is 0. The maximum atomic E-state index is 10.9. The van der Waals surface area contributed by atoms with Crippen LogP contribution in [0.5, 0.6) is 0 Å². The summed E-state index contributed by atoms with van der Waals surface area (Å²) in [7, 11) is 0. The number of H-pyrrole nitrogens is 1. The highest BCUT2D eigenvalue weighted by Gasteiger charge is 2.24. The van der Waals surface area contributed by atoms with E-state index in [0.29, 0.717) is 36.1 Å². The first-order valence-corrected chi connectivity index (χ1v) is 6.37. The molecule has 1 aromatic rings. The van der Waals surface area contributed by atoms with Gasteiger partial charge in [0.05, 0.1) is 13.0 Å². The number of fused-ring (bicyclic) bond motifs is 1. The van der Waals surface area contributed by atoms with Crippen molar-refractivity contribution in [2.75, 3.05) is 18.6 Å². The largest absolute Gasteiger partial charge is 0.396 e. The number of allylic oxidation sites excluding steroid dienone is 1. The monoisotopic (exact) mass is 264 g/mol. The van der Waals surface area contributed by atoms with Crippen LogP contribution in [-0.2, 0) is 0 Å². The van der Waals surface area contributed by atoms with Gasteiger partial charge in [-0.15, -0.1) is 0 Å². The minimum atomic E-state index is -0.105. The van der Waals surface area contributed by atoms with Gasteiger partial charge in [0.1, 0.15) is 5.69 Å². The molecule has 0 spiro atoms. The zero-order valence-electron chi connectivity index (χ0n) is 11.2. The molecule has 19 heavy (non-hydrogen) atoms. The molecule has 1 aliphatic heterocycles. The molecule has 6 nitrogen and oxygen atoms in total. The summed E-state index contributed by atoms with van der Waals surface area (Å²) in [6, 6.07) is 0. The molecule has 1 amide bonds. The molecule has 1 atom stereocenters. The Morgan fingerprint density at radius 2 is 2.26 bits per heavy atom. The topological polar surface area (TPSA) is 90.0 Å². The molecular weight excluding hydrogens is 244 g/mol. The summed E-state index contributed by atoms with van der Waals surface area (Å²) in [6.45, 7) is 5.15. The maximum absolute atomic E-state index is 10.9. The highest BCUT2D eigenvalue weighted by atomic mass is 16.3. The van der Waals surface area contributed by atoms with Gasteiger partial charge in [0.15, 0.2) is 5.82 Å². The van der Waals surface area contributed by atoms with Crippen molar-refractivity contribution in [1.29, 1.82) is 0 Å². The molecule has 0 aromatic carbocycles. The Hall–Kier alpha value is -1.82. The zero-order valence-corrected chi connectivity index (χ0v) is 11.2. The van der Waals surface area contributed by atoms with E-state index in [1.807, 2.05) is 0 Å². The quantitative estimate of drug-likeness (QED) is 0.572. The normalized spacial score (nSPS) is 22.9. The van der Waals surface area contributed by atoms with Crippen molar-refractivity contribution >= 4 is 11.7 Å². The fourth-order valence-corrected chi connectivity index (χ4v) is 2.23. The summed E-state index contributed by atoms with van der Waals surface area (Å²) in [5, 5.41) is 14.2. The predicted molar refractivity (Wildman–Crippen MR) is 72.7 cm³/mol. The molecule has 0 saturated heterocycles. The zero-order chi connectivity index (χ0) is 13.9. The van der Waals surface area contributed by atoms with E-state index in [1.165, 1.54) is 6.33 Å². The van der Waals surface area contributed by atoms with Crippen molar-refractivity contribution in [2.24, 2.45) is 11.3 Å². The van der Waals surface area contributed by atoms with Gasteiger partial charge in [0.25, 0.3) is 5.91 Å². The average molecular weight is 264 g/mol. The number of carbonyl (C=O) groups is 1. The van der Waals surface area contributed by atoms with Crippen LogP contribution in [0.2, 0.25) is 0 Å². The van der Waals surface area contributed by atoms with Crippen LogP contribution in [0.15, 0.2) is 18.5 Å². The van der Waals surface area contributed by atoms with Gasteiger partial charge in [-0.3, -0.25) is 4.79 Å². The Morgan fingerprint density at radius 1 is 1.47 bits per heavy atom. The van der Waals surface area contributed by atoms with Crippen molar-refractivity contribution in [3.05, 3.63) is 24.2 Å². The number of anilines is 1. The molecule has 1 aromatic heterocycles. The molecule has 4 N–H and O–H groups in total. The van der Waals surface area contributed by atoms with Gasteiger partial charge in [-0.25, -0.2) is 4.98 Å². The Kier molecular flexibility index (Phi) is 3.90. The number of hydrogen-bond acceptors (Lipinski definition) is 4. The van der Waals surface area contributed by atoms with Gasteiger partial charge in [0, 0.05) is 12.5 Å². The predicted octanol–water partition coefficient (Wildman–Crippen LogP) is 1.10. The van der Waals surface area contributed by atoms with Crippen molar-refractivity contribution in [2.45, 2.75) is 20.3 Å². The first-order chi connectivity index (χ1) is 9.02. The summed E-state index contributed by atoms with van der Waals surface area (Å²) in [5.74, 6) is 0.940. The van der Waals surface area contributed by atoms with Gasteiger partial charge in [-0.2, -0.15) is 0 Å². The van der Waals surface area contributed by atoms with Crippen LogP contribution in [-0.4, -0.2) is 34.3 Å². The molecule has 1 unspecified atom stereocenters. The maximum Gasteiger partial charge on any atom is 0.272 e. The Balaban J connectivity index is 0.000000141. The van der Waals surface area contributed by atoms with E-state index in [0.717, 1.165) is 6.42 Å². The molecule has 0 fully saturated rings. The molecular formula is C13H20N4O2. The van der Waals surface area contributed by atoms with Gasteiger partial charge < -0.3 is 20.7 Å². The van der Waals surface area contributed by atoms with Crippen LogP contribution >= 0.6 is 0 Å². The standard InChI is InChI=1S/C8H14O.C5H6N4O/c1-8(2)4-3-7(5-8)6-9;10-5-3-4(7-1-6-3)8-2-9-5/h3-4,7,9H,5-6H2,1-2H3;1,8H,2H2,(H,6,7)(H,9,10). The third-order valence-electron chi connectivity index (χ3n) is 3.21. The first kappa shape index (κ1) is 13.6.